The van der Waals surface area contributed by atoms with Crippen molar-refractivity contribution in [2.24, 2.45) is 11.7 Å². The number of nitrogens with two attached hydrogens (primary N) is 1. The molecular weight excluding hydrogens is 301 g/mol. The second kappa shape index (κ2) is 9.05. The number of morpholine rings is 1. The summed E-state index contributed by atoms with van der Waals surface area (Å²) in [7, 11) is 0. The van der Waals surface area contributed by atoms with Crippen molar-refractivity contribution >= 4 is 30.7 Å². The van der Waals surface area contributed by atoms with Crippen LogP contribution in [-0.4, -0.2) is 67.2 Å². The van der Waals surface area contributed by atoms with Crippen LogP contribution in [0.3, 0.4) is 0 Å². The number of hydrogen-bond donors (Lipinski definition) is 1. The summed E-state index contributed by atoms with van der Waals surface area (Å²) in [6.07, 6.45) is 1.07. The fourth-order valence-electron chi connectivity index (χ4n) is 2.68. The molecule has 7 heteroatoms. The normalized spacial score (nSPS) is 25.0. The zero-order chi connectivity index (χ0) is 13.1. The first-order valence-corrected chi connectivity index (χ1v) is 6.95. The van der Waals surface area contributed by atoms with Gasteiger partial charge in [0.25, 0.3) is 0 Å². The summed E-state index contributed by atoms with van der Waals surface area (Å²) in [5.41, 5.74) is 5.94. The second-order valence-corrected chi connectivity index (χ2v) is 5.64. The van der Waals surface area contributed by atoms with Gasteiger partial charge in [0.1, 0.15) is 0 Å². The first-order valence-electron chi connectivity index (χ1n) is 6.95. The summed E-state index contributed by atoms with van der Waals surface area (Å²) in [4.78, 5) is 16.6. The molecule has 2 saturated heterocycles. The Morgan fingerprint density at radius 1 is 1.20 bits per heavy atom. The Hall–Kier alpha value is -0.0700. The van der Waals surface area contributed by atoms with Gasteiger partial charge in [-0.05, 0) is 12.3 Å². The van der Waals surface area contributed by atoms with E-state index in [0.29, 0.717) is 6.04 Å². The van der Waals surface area contributed by atoms with Crippen molar-refractivity contribution in [2.75, 3.05) is 39.4 Å². The van der Waals surface area contributed by atoms with Gasteiger partial charge in [0.2, 0.25) is 5.91 Å². The molecule has 2 unspecified atom stereocenters. The van der Waals surface area contributed by atoms with Crippen LogP contribution in [0.1, 0.15) is 20.3 Å². The number of rotatable bonds is 3. The number of likely N-dealkylation sites (tertiary alicyclic amines) is 1. The lowest BCUT2D eigenvalue weighted by atomic mass is 10.0. The quantitative estimate of drug-likeness (QED) is 0.830. The topological polar surface area (TPSA) is 58.8 Å². The minimum Gasteiger partial charge on any atom is -0.379 e. The highest BCUT2D eigenvalue weighted by atomic mass is 35.5. The van der Waals surface area contributed by atoms with E-state index in [4.69, 9.17) is 10.5 Å². The molecule has 2 atom stereocenters. The molecule has 0 aromatic carbocycles. The molecule has 2 N–H and O–H groups in total. The molecule has 1 amide bonds. The molecule has 0 aliphatic carbocycles. The SMILES string of the molecule is CC(C)C(N)C(=O)N1CCC(N2CCOCC2)C1.Cl.Cl. The third-order valence-electron chi connectivity index (χ3n) is 4.04. The third kappa shape index (κ3) is 4.74. The zero-order valence-corrected chi connectivity index (χ0v) is 13.9. The van der Waals surface area contributed by atoms with E-state index in [-0.39, 0.29) is 42.7 Å². The van der Waals surface area contributed by atoms with E-state index in [1.54, 1.807) is 0 Å². The molecule has 20 heavy (non-hydrogen) atoms. The smallest absolute Gasteiger partial charge is 0.239 e. The lowest BCUT2D eigenvalue weighted by molar-refractivity contribution is -0.132. The van der Waals surface area contributed by atoms with Gasteiger partial charge in [0, 0.05) is 32.2 Å². The highest BCUT2D eigenvalue weighted by molar-refractivity contribution is 5.85. The second-order valence-electron chi connectivity index (χ2n) is 5.64. The molecule has 120 valence electrons. The van der Waals surface area contributed by atoms with E-state index >= 15 is 0 Å². The van der Waals surface area contributed by atoms with Crippen LogP contribution < -0.4 is 5.73 Å². The molecule has 2 heterocycles. The lowest BCUT2D eigenvalue weighted by Gasteiger charge is -2.32. The average molecular weight is 328 g/mol. The van der Waals surface area contributed by atoms with E-state index in [9.17, 15) is 4.79 Å². The molecule has 0 spiro atoms. The van der Waals surface area contributed by atoms with Gasteiger partial charge in [0.05, 0.1) is 19.3 Å². The largest absolute Gasteiger partial charge is 0.379 e. The predicted molar refractivity (Wildman–Crippen MR) is 84.7 cm³/mol. The van der Waals surface area contributed by atoms with Crippen molar-refractivity contribution < 1.29 is 9.53 Å². The van der Waals surface area contributed by atoms with Crippen LogP contribution in [0.2, 0.25) is 0 Å². The molecule has 2 aliphatic heterocycles. The monoisotopic (exact) mass is 327 g/mol. The van der Waals surface area contributed by atoms with Gasteiger partial charge in [-0.15, -0.1) is 24.8 Å². The molecule has 0 saturated carbocycles. The molecule has 0 radical (unpaired) electrons. The van der Waals surface area contributed by atoms with E-state index in [1.165, 1.54) is 0 Å². The third-order valence-corrected chi connectivity index (χ3v) is 4.04. The summed E-state index contributed by atoms with van der Waals surface area (Å²) >= 11 is 0. The van der Waals surface area contributed by atoms with Gasteiger partial charge in [-0.3, -0.25) is 9.69 Å². The minimum atomic E-state index is -0.353. The van der Waals surface area contributed by atoms with Gasteiger partial charge < -0.3 is 15.4 Å². The Morgan fingerprint density at radius 2 is 1.80 bits per heavy atom. The van der Waals surface area contributed by atoms with Crippen LogP contribution in [0.4, 0.5) is 0 Å². The maximum absolute atomic E-state index is 12.2. The van der Waals surface area contributed by atoms with Crippen LogP contribution in [0, 0.1) is 5.92 Å². The van der Waals surface area contributed by atoms with Crippen LogP contribution >= 0.6 is 24.8 Å². The predicted octanol–water partition coefficient (Wildman–Crippen LogP) is 0.746. The first-order chi connectivity index (χ1) is 8.59. The van der Waals surface area contributed by atoms with E-state index in [2.05, 4.69) is 4.90 Å². The lowest BCUT2D eigenvalue weighted by Crippen LogP contribution is -2.48. The number of nitrogens with zero attached hydrogens (tertiary/aromatic N) is 2. The van der Waals surface area contributed by atoms with E-state index in [0.717, 1.165) is 45.8 Å². The Bertz CT molecular complexity index is 299. The van der Waals surface area contributed by atoms with Gasteiger partial charge in [0.15, 0.2) is 0 Å². The maximum Gasteiger partial charge on any atom is 0.239 e. The zero-order valence-electron chi connectivity index (χ0n) is 12.3. The Balaban J connectivity index is 0.00000180. The fraction of sp³-hybridized carbons (Fsp3) is 0.923. The summed E-state index contributed by atoms with van der Waals surface area (Å²) in [5.74, 6) is 0.320. The Kier molecular flexibility index (Phi) is 9.02. The molecule has 5 nitrogen and oxygen atoms in total. The van der Waals surface area contributed by atoms with Gasteiger partial charge in [-0.25, -0.2) is 0 Å². The van der Waals surface area contributed by atoms with Crippen molar-refractivity contribution in [1.29, 1.82) is 0 Å². The molecule has 2 fully saturated rings. The average Bonchev–Trinajstić information content (AvgIpc) is 2.87. The molecule has 2 aliphatic rings. The Morgan fingerprint density at radius 3 is 2.35 bits per heavy atom. The van der Waals surface area contributed by atoms with Crippen LogP contribution in [0.25, 0.3) is 0 Å². The van der Waals surface area contributed by atoms with Gasteiger partial charge >= 0.3 is 0 Å². The highest BCUT2D eigenvalue weighted by Gasteiger charge is 2.33. The summed E-state index contributed by atoms with van der Waals surface area (Å²) < 4.78 is 5.36. The number of hydrogen-bond acceptors (Lipinski definition) is 4. The number of amides is 1. The summed E-state index contributed by atoms with van der Waals surface area (Å²) in [6, 6.07) is 0.144. The standard InChI is InChI=1S/C13H25N3O2.2ClH/c1-10(2)12(14)13(17)16-4-3-11(9-16)15-5-7-18-8-6-15;;/h10-12H,3-9,14H2,1-2H3;2*1H. The highest BCUT2D eigenvalue weighted by Crippen LogP contribution is 2.18. The van der Waals surface area contributed by atoms with Crippen LogP contribution in [-0.2, 0) is 9.53 Å². The van der Waals surface area contributed by atoms with E-state index < -0.39 is 0 Å². The van der Waals surface area contributed by atoms with Crippen molar-refractivity contribution in [3.63, 3.8) is 0 Å². The number of halogens is 2. The molecular formula is C13H27Cl2N3O2. The maximum atomic E-state index is 12.2. The number of carbonyl (C=O) groups excluding carboxylic acids is 1. The summed E-state index contributed by atoms with van der Waals surface area (Å²) in [5, 5.41) is 0. The van der Waals surface area contributed by atoms with Crippen LogP contribution in [0.15, 0.2) is 0 Å². The fourth-order valence-corrected chi connectivity index (χ4v) is 2.68. The van der Waals surface area contributed by atoms with Gasteiger partial charge in [-0.1, -0.05) is 13.8 Å². The molecule has 2 rings (SSSR count). The number of carbonyl (C=O) groups is 1. The van der Waals surface area contributed by atoms with Crippen molar-refractivity contribution in [2.45, 2.75) is 32.4 Å². The molecule has 0 aromatic rings. The first kappa shape index (κ1) is 19.9. The van der Waals surface area contributed by atoms with Gasteiger partial charge in [-0.2, -0.15) is 0 Å². The molecule has 0 bridgehead atoms. The van der Waals surface area contributed by atoms with Crippen molar-refractivity contribution in [3.8, 4) is 0 Å². The summed E-state index contributed by atoms with van der Waals surface area (Å²) in [6.45, 7) is 9.29. The van der Waals surface area contributed by atoms with Crippen molar-refractivity contribution in [1.82, 2.24) is 9.80 Å². The minimum absolute atomic E-state index is 0. The Labute approximate surface area is 134 Å². The van der Waals surface area contributed by atoms with Crippen LogP contribution in [0.5, 0.6) is 0 Å². The molecule has 0 aromatic heterocycles. The number of ether oxygens (including phenoxy) is 1. The van der Waals surface area contributed by atoms with E-state index in [1.807, 2.05) is 18.7 Å². The van der Waals surface area contributed by atoms with Crippen molar-refractivity contribution in [3.05, 3.63) is 0 Å².